The van der Waals surface area contributed by atoms with Crippen LogP contribution in [-0.4, -0.2) is 69.5 Å². The molecule has 0 saturated heterocycles. The third kappa shape index (κ3) is 5.96. The number of carbonyl (C=O) groups excluding carboxylic acids is 2. The minimum atomic E-state index is -3.88. The minimum Gasteiger partial charge on any atom is -0.495 e. The lowest BCUT2D eigenvalue weighted by molar-refractivity contribution is 0.111. The summed E-state index contributed by atoms with van der Waals surface area (Å²) in [7, 11) is -0.642. The van der Waals surface area contributed by atoms with E-state index in [1.807, 2.05) is 42.1 Å². The standard InChI is InChI=1S/C29H28N6O7S/c1-18-26(20-7-8-23(41-3)24(14-20)43(39,40)12-11-36)28-32-22(17-37)15-25(35(28)33-18)42-29(38)31-16-19-5-4-6-21(13-19)27-30-9-10-34(27)2/h4-10,13-15,17,36H,11-12,16H2,1-3H3,(H,31,38). The Labute approximate surface area is 246 Å². The number of methoxy groups -OCH3 is 1. The number of benzene rings is 2. The maximum absolute atomic E-state index is 12.8. The summed E-state index contributed by atoms with van der Waals surface area (Å²) in [5.74, 6) is 0.334. The molecule has 5 aromatic rings. The van der Waals surface area contributed by atoms with Gasteiger partial charge in [-0.3, -0.25) is 4.79 Å². The molecule has 0 spiro atoms. The molecule has 0 radical (unpaired) electrons. The summed E-state index contributed by atoms with van der Waals surface area (Å²) in [5.41, 5.74) is 3.12. The Balaban J connectivity index is 1.45. The second-order valence-corrected chi connectivity index (χ2v) is 11.6. The first-order valence-electron chi connectivity index (χ1n) is 13.0. The van der Waals surface area contributed by atoms with E-state index in [4.69, 9.17) is 9.47 Å². The van der Waals surface area contributed by atoms with E-state index in [0.29, 0.717) is 23.1 Å². The van der Waals surface area contributed by atoms with Crippen molar-refractivity contribution in [2.45, 2.75) is 18.4 Å². The molecule has 0 aliphatic heterocycles. The minimum absolute atomic E-state index is 0.0270. The van der Waals surface area contributed by atoms with E-state index >= 15 is 0 Å². The van der Waals surface area contributed by atoms with Crippen molar-refractivity contribution in [3.8, 4) is 34.1 Å². The molecule has 0 bridgehead atoms. The van der Waals surface area contributed by atoms with Crippen molar-refractivity contribution in [3.05, 3.63) is 77.9 Å². The largest absolute Gasteiger partial charge is 0.495 e. The van der Waals surface area contributed by atoms with Gasteiger partial charge in [0.2, 0.25) is 5.88 Å². The average Bonchev–Trinajstić information content (AvgIpc) is 3.58. The van der Waals surface area contributed by atoms with Crippen LogP contribution in [-0.2, 0) is 23.4 Å². The summed E-state index contributed by atoms with van der Waals surface area (Å²) in [6, 6.07) is 13.3. The van der Waals surface area contributed by atoms with Crippen molar-refractivity contribution in [1.82, 2.24) is 29.5 Å². The fourth-order valence-electron chi connectivity index (χ4n) is 4.66. The molecule has 2 N–H and O–H groups in total. The SMILES string of the molecule is COc1ccc(-c2c(C)nn3c(OC(=O)NCc4cccc(-c5nccn5C)c4)cc(C=O)nc23)cc1S(=O)(=O)CCO. The van der Waals surface area contributed by atoms with Gasteiger partial charge >= 0.3 is 6.09 Å². The number of imidazole rings is 1. The average molecular weight is 605 g/mol. The van der Waals surface area contributed by atoms with Crippen molar-refractivity contribution < 1.29 is 32.6 Å². The van der Waals surface area contributed by atoms with Crippen molar-refractivity contribution in [2.24, 2.45) is 7.05 Å². The van der Waals surface area contributed by atoms with Gasteiger partial charge in [0, 0.05) is 43.2 Å². The van der Waals surface area contributed by atoms with Gasteiger partial charge in [0.1, 0.15) is 22.2 Å². The summed E-state index contributed by atoms with van der Waals surface area (Å²) in [4.78, 5) is 33.2. The number of rotatable bonds is 10. The molecule has 43 heavy (non-hydrogen) atoms. The van der Waals surface area contributed by atoms with Gasteiger partial charge in [-0.1, -0.05) is 24.3 Å². The predicted octanol–water partition coefficient (Wildman–Crippen LogP) is 2.98. The molecule has 0 atom stereocenters. The van der Waals surface area contributed by atoms with Crippen LogP contribution in [0.4, 0.5) is 4.79 Å². The van der Waals surface area contributed by atoms with Crippen LogP contribution >= 0.6 is 0 Å². The number of aromatic nitrogens is 5. The Morgan fingerprint density at radius 1 is 1.14 bits per heavy atom. The molecule has 3 aromatic heterocycles. The number of nitrogens with one attached hydrogen (secondary N) is 1. The van der Waals surface area contributed by atoms with Crippen LogP contribution in [0.25, 0.3) is 28.2 Å². The van der Waals surface area contributed by atoms with Gasteiger partial charge in [-0.25, -0.2) is 23.2 Å². The van der Waals surface area contributed by atoms with E-state index in [-0.39, 0.29) is 34.4 Å². The molecule has 14 heteroatoms. The highest BCUT2D eigenvalue weighted by Gasteiger charge is 2.24. The molecule has 0 unspecified atom stereocenters. The number of hydrogen-bond donors (Lipinski definition) is 2. The normalized spacial score (nSPS) is 11.4. The summed E-state index contributed by atoms with van der Waals surface area (Å²) in [5, 5.41) is 16.4. The fraction of sp³-hybridized carbons (Fsp3) is 0.207. The molecule has 5 rings (SSSR count). The first-order valence-corrected chi connectivity index (χ1v) is 14.7. The smallest absolute Gasteiger partial charge is 0.414 e. The van der Waals surface area contributed by atoms with Crippen LogP contribution in [0.2, 0.25) is 0 Å². The van der Waals surface area contributed by atoms with E-state index in [1.165, 1.54) is 29.8 Å². The maximum atomic E-state index is 12.8. The number of aldehydes is 1. The van der Waals surface area contributed by atoms with Crippen molar-refractivity contribution >= 4 is 27.9 Å². The van der Waals surface area contributed by atoms with Gasteiger partial charge in [-0.05, 0) is 36.2 Å². The molecule has 2 aromatic carbocycles. The zero-order chi connectivity index (χ0) is 30.7. The van der Waals surface area contributed by atoms with E-state index in [9.17, 15) is 23.1 Å². The van der Waals surface area contributed by atoms with Gasteiger partial charge < -0.3 is 24.5 Å². The van der Waals surface area contributed by atoms with E-state index in [1.54, 1.807) is 19.2 Å². The quantitative estimate of drug-likeness (QED) is 0.226. The predicted molar refractivity (Wildman–Crippen MR) is 156 cm³/mol. The first-order chi connectivity index (χ1) is 20.6. The van der Waals surface area contributed by atoms with E-state index < -0.39 is 28.3 Å². The van der Waals surface area contributed by atoms with Crippen molar-refractivity contribution in [3.63, 3.8) is 0 Å². The van der Waals surface area contributed by atoms with Crippen LogP contribution < -0.4 is 14.8 Å². The molecule has 222 valence electrons. The number of aliphatic hydroxyl groups excluding tert-OH is 1. The number of nitrogens with zero attached hydrogens (tertiary/aromatic N) is 5. The van der Waals surface area contributed by atoms with Gasteiger partial charge in [0.15, 0.2) is 21.8 Å². The lowest BCUT2D eigenvalue weighted by Gasteiger charge is -2.12. The molecular weight excluding hydrogens is 576 g/mol. The number of amides is 1. The van der Waals surface area contributed by atoms with E-state index in [0.717, 1.165) is 17.0 Å². The number of carbonyl (C=O) groups is 2. The number of ether oxygens (including phenoxy) is 2. The monoisotopic (exact) mass is 604 g/mol. The Kier molecular flexibility index (Phi) is 8.23. The molecule has 13 nitrogen and oxygen atoms in total. The Bertz CT molecular complexity index is 1950. The number of sulfone groups is 1. The summed E-state index contributed by atoms with van der Waals surface area (Å²) in [6.45, 7) is 1.27. The third-order valence-electron chi connectivity index (χ3n) is 6.66. The zero-order valence-corrected chi connectivity index (χ0v) is 24.3. The Hall–Kier alpha value is -5.08. The van der Waals surface area contributed by atoms with Gasteiger partial charge in [0.25, 0.3) is 0 Å². The van der Waals surface area contributed by atoms with Crippen LogP contribution in [0.1, 0.15) is 21.7 Å². The second kappa shape index (κ2) is 12.0. The number of aryl methyl sites for hydroxylation is 2. The first kappa shape index (κ1) is 29.4. The highest BCUT2D eigenvalue weighted by Crippen LogP contribution is 2.35. The summed E-state index contributed by atoms with van der Waals surface area (Å²) >= 11 is 0. The molecule has 1 amide bonds. The van der Waals surface area contributed by atoms with E-state index in [2.05, 4.69) is 20.4 Å². The molecular formula is C29H28N6O7S. The molecule has 0 aliphatic carbocycles. The third-order valence-corrected chi connectivity index (χ3v) is 8.37. The molecule has 3 heterocycles. The fourth-order valence-corrected chi connectivity index (χ4v) is 5.88. The van der Waals surface area contributed by atoms with Gasteiger partial charge in [-0.2, -0.15) is 9.61 Å². The zero-order valence-electron chi connectivity index (χ0n) is 23.5. The molecule has 0 saturated carbocycles. The van der Waals surface area contributed by atoms with Gasteiger partial charge in [-0.15, -0.1) is 0 Å². The van der Waals surface area contributed by atoms with Crippen molar-refractivity contribution in [2.75, 3.05) is 19.5 Å². The van der Waals surface area contributed by atoms with Crippen LogP contribution in [0.5, 0.6) is 11.6 Å². The lowest BCUT2D eigenvalue weighted by Crippen LogP contribution is -2.27. The number of aliphatic hydroxyl groups is 1. The topological polar surface area (TPSA) is 167 Å². The summed E-state index contributed by atoms with van der Waals surface area (Å²) < 4.78 is 39.6. The highest BCUT2D eigenvalue weighted by molar-refractivity contribution is 7.91. The number of fused-ring (bicyclic) bond motifs is 1. The Morgan fingerprint density at radius 2 is 1.95 bits per heavy atom. The second-order valence-electron chi connectivity index (χ2n) is 9.55. The Morgan fingerprint density at radius 3 is 2.65 bits per heavy atom. The summed E-state index contributed by atoms with van der Waals surface area (Å²) in [6.07, 6.45) is 3.26. The highest BCUT2D eigenvalue weighted by atomic mass is 32.2. The lowest BCUT2D eigenvalue weighted by atomic mass is 10.1. The van der Waals surface area contributed by atoms with Crippen LogP contribution in [0, 0.1) is 6.92 Å². The van der Waals surface area contributed by atoms with Crippen LogP contribution in [0.15, 0.2) is 65.8 Å². The maximum Gasteiger partial charge on any atom is 0.414 e. The molecule has 0 aliphatic rings. The van der Waals surface area contributed by atoms with Gasteiger partial charge in [0.05, 0.1) is 25.2 Å². The molecule has 0 fully saturated rings. The van der Waals surface area contributed by atoms with Crippen molar-refractivity contribution in [1.29, 1.82) is 0 Å². The van der Waals surface area contributed by atoms with Crippen LogP contribution in [0.3, 0.4) is 0 Å². The number of hydrogen-bond acceptors (Lipinski definition) is 10.